The predicted octanol–water partition coefficient (Wildman–Crippen LogP) is 3.00. The first-order valence-corrected chi connectivity index (χ1v) is 8.38. The number of amides is 2. The van der Waals surface area contributed by atoms with Crippen LogP contribution in [0.5, 0.6) is 0 Å². The number of rotatable bonds is 4. The number of anilines is 1. The molecule has 1 saturated carbocycles. The van der Waals surface area contributed by atoms with E-state index in [1.807, 2.05) is 0 Å². The van der Waals surface area contributed by atoms with Gasteiger partial charge in [-0.25, -0.2) is 9.59 Å². The first kappa shape index (κ1) is 18.3. The molecule has 8 heteroatoms. The Hall–Kier alpha value is -2.09. The summed E-state index contributed by atoms with van der Waals surface area (Å²) in [5.74, 6) is -1.66. The number of halogens is 1. The number of carbonyl (C=O) groups excluding carboxylic acids is 2. The van der Waals surface area contributed by atoms with Gasteiger partial charge in [-0.05, 0) is 43.9 Å². The average molecular weight is 399 g/mol. The average Bonchev–Trinajstić information content (AvgIpc) is 2.56. The molecule has 1 aliphatic carbocycles. The molecule has 0 radical (unpaired) electrons. The standard InChI is InChI=1S/C16H19BrN2O5/c1-24-15(22)12-8-10(17)4-7-13(12)19-16(23)18-11-5-2-9(3-6-11)14(20)21/h4,7-9,11H,2-3,5-6H2,1H3,(H,20,21)(H2,18,19,23). The molecule has 0 saturated heterocycles. The van der Waals surface area contributed by atoms with Crippen molar-refractivity contribution in [3.05, 3.63) is 28.2 Å². The lowest BCUT2D eigenvalue weighted by molar-refractivity contribution is -0.142. The smallest absolute Gasteiger partial charge is 0.340 e. The topological polar surface area (TPSA) is 105 Å². The number of methoxy groups -OCH3 is 1. The molecule has 130 valence electrons. The van der Waals surface area contributed by atoms with E-state index >= 15 is 0 Å². The van der Waals surface area contributed by atoms with Crippen molar-refractivity contribution < 1.29 is 24.2 Å². The van der Waals surface area contributed by atoms with Gasteiger partial charge in [0.15, 0.2) is 0 Å². The van der Waals surface area contributed by atoms with Crippen molar-refractivity contribution >= 4 is 39.6 Å². The van der Waals surface area contributed by atoms with E-state index in [0.717, 1.165) is 0 Å². The van der Waals surface area contributed by atoms with Crippen LogP contribution < -0.4 is 10.6 Å². The minimum atomic E-state index is -0.782. The van der Waals surface area contributed by atoms with Crippen molar-refractivity contribution in [1.82, 2.24) is 5.32 Å². The van der Waals surface area contributed by atoms with E-state index in [1.54, 1.807) is 18.2 Å². The Morgan fingerprint density at radius 3 is 2.46 bits per heavy atom. The van der Waals surface area contributed by atoms with Gasteiger partial charge in [0.05, 0.1) is 24.3 Å². The van der Waals surface area contributed by atoms with Gasteiger partial charge in [-0.3, -0.25) is 4.79 Å². The quantitative estimate of drug-likeness (QED) is 0.676. The lowest BCUT2D eigenvalue weighted by atomic mass is 9.86. The van der Waals surface area contributed by atoms with Gasteiger partial charge >= 0.3 is 18.0 Å². The third-order valence-electron chi connectivity index (χ3n) is 4.05. The maximum atomic E-state index is 12.1. The largest absolute Gasteiger partial charge is 0.481 e. The zero-order valence-corrected chi connectivity index (χ0v) is 14.8. The first-order valence-electron chi connectivity index (χ1n) is 7.59. The van der Waals surface area contributed by atoms with Gasteiger partial charge in [-0.1, -0.05) is 15.9 Å². The molecular weight excluding hydrogens is 380 g/mol. The van der Waals surface area contributed by atoms with Gasteiger partial charge in [-0.2, -0.15) is 0 Å². The zero-order valence-electron chi connectivity index (χ0n) is 13.2. The summed E-state index contributed by atoms with van der Waals surface area (Å²) in [6.45, 7) is 0. The molecule has 1 fully saturated rings. The molecule has 1 aliphatic rings. The van der Waals surface area contributed by atoms with E-state index in [1.165, 1.54) is 7.11 Å². The number of carboxylic acid groups (broad SMARTS) is 1. The summed E-state index contributed by atoms with van der Waals surface area (Å²) in [5.41, 5.74) is 0.596. The van der Waals surface area contributed by atoms with Crippen LogP contribution in [0.1, 0.15) is 36.0 Å². The molecule has 24 heavy (non-hydrogen) atoms. The number of nitrogens with one attached hydrogen (secondary N) is 2. The molecule has 0 spiro atoms. The summed E-state index contributed by atoms with van der Waals surface area (Å²) < 4.78 is 5.41. The fourth-order valence-corrected chi connectivity index (χ4v) is 3.09. The maximum absolute atomic E-state index is 12.1. The maximum Gasteiger partial charge on any atom is 0.340 e. The SMILES string of the molecule is COC(=O)c1cc(Br)ccc1NC(=O)NC1CCC(C(=O)O)CC1. The molecule has 0 aliphatic heterocycles. The number of carbonyl (C=O) groups is 3. The van der Waals surface area contributed by atoms with E-state index in [2.05, 4.69) is 26.6 Å². The van der Waals surface area contributed by atoms with Crippen molar-refractivity contribution in [1.29, 1.82) is 0 Å². The van der Waals surface area contributed by atoms with E-state index < -0.39 is 18.0 Å². The van der Waals surface area contributed by atoms with Gasteiger partial charge in [0, 0.05) is 10.5 Å². The lowest BCUT2D eigenvalue weighted by Gasteiger charge is -2.27. The highest BCUT2D eigenvalue weighted by Crippen LogP contribution is 2.25. The molecule has 3 N–H and O–H groups in total. The molecule has 7 nitrogen and oxygen atoms in total. The van der Waals surface area contributed by atoms with Crippen molar-refractivity contribution in [2.75, 3.05) is 12.4 Å². The zero-order chi connectivity index (χ0) is 17.7. The Morgan fingerprint density at radius 2 is 1.88 bits per heavy atom. The molecule has 1 aromatic carbocycles. The molecule has 0 atom stereocenters. The fraction of sp³-hybridized carbons (Fsp3) is 0.438. The van der Waals surface area contributed by atoms with Crippen LogP contribution in [0.25, 0.3) is 0 Å². The van der Waals surface area contributed by atoms with Gasteiger partial charge in [0.2, 0.25) is 0 Å². The molecule has 0 heterocycles. The summed E-state index contributed by atoms with van der Waals surface area (Å²) in [6.07, 6.45) is 2.33. The monoisotopic (exact) mass is 398 g/mol. The second kappa shape index (κ2) is 8.14. The Kier molecular flexibility index (Phi) is 6.19. The fourth-order valence-electron chi connectivity index (χ4n) is 2.73. The van der Waals surface area contributed by atoms with Crippen LogP contribution in [-0.4, -0.2) is 36.2 Å². The van der Waals surface area contributed by atoms with E-state index in [4.69, 9.17) is 9.84 Å². The third-order valence-corrected chi connectivity index (χ3v) is 4.54. The molecule has 0 aromatic heterocycles. The summed E-state index contributed by atoms with van der Waals surface area (Å²) in [4.78, 5) is 34.9. The van der Waals surface area contributed by atoms with Gasteiger partial charge in [-0.15, -0.1) is 0 Å². The van der Waals surface area contributed by atoms with Crippen molar-refractivity contribution in [2.24, 2.45) is 5.92 Å². The van der Waals surface area contributed by atoms with E-state index in [0.29, 0.717) is 35.8 Å². The Labute approximate surface area is 147 Å². The van der Waals surface area contributed by atoms with Gasteiger partial charge in [0.25, 0.3) is 0 Å². The normalized spacial score (nSPS) is 20.1. The summed E-state index contributed by atoms with van der Waals surface area (Å²) >= 11 is 3.27. The van der Waals surface area contributed by atoms with Crippen molar-refractivity contribution in [3.63, 3.8) is 0 Å². The first-order chi connectivity index (χ1) is 11.4. The van der Waals surface area contributed by atoms with Crippen LogP contribution in [0.4, 0.5) is 10.5 Å². The van der Waals surface area contributed by atoms with Crippen LogP contribution in [0.3, 0.4) is 0 Å². The van der Waals surface area contributed by atoms with Crippen molar-refractivity contribution in [2.45, 2.75) is 31.7 Å². The number of aliphatic carboxylic acids is 1. The van der Waals surface area contributed by atoms with Gasteiger partial charge in [0.1, 0.15) is 0 Å². The number of esters is 1. The highest BCUT2D eigenvalue weighted by molar-refractivity contribution is 9.10. The van der Waals surface area contributed by atoms with E-state index in [-0.39, 0.29) is 17.5 Å². The predicted molar refractivity (Wildman–Crippen MR) is 91.0 cm³/mol. The molecule has 0 unspecified atom stereocenters. The number of hydrogen-bond donors (Lipinski definition) is 3. The lowest BCUT2D eigenvalue weighted by Crippen LogP contribution is -2.41. The van der Waals surface area contributed by atoms with Crippen LogP contribution in [0.15, 0.2) is 22.7 Å². The highest BCUT2D eigenvalue weighted by atomic mass is 79.9. The van der Waals surface area contributed by atoms with Gasteiger partial charge < -0.3 is 20.5 Å². The van der Waals surface area contributed by atoms with Crippen LogP contribution >= 0.6 is 15.9 Å². The van der Waals surface area contributed by atoms with E-state index in [9.17, 15) is 14.4 Å². The summed E-state index contributed by atoms with van der Waals surface area (Å²) in [7, 11) is 1.27. The number of benzene rings is 1. The Bertz CT molecular complexity index is 641. The second-order valence-corrected chi connectivity index (χ2v) is 6.58. The van der Waals surface area contributed by atoms with Crippen LogP contribution in [0.2, 0.25) is 0 Å². The number of urea groups is 1. The Balaban J connectivity index is 1.96. The number of hydrogen-bond acceptors (Lipinski definition) is 4. The molecule has 0 bridgehead atoms. The minimum Gasteiger partial charge on any atom is -0.481 e. The molecule has 2 amide bonds. The van der Waals surface area contributed by atoms with Crippen molar-refractivity contribution in [3.8, 4) is 0 Å². The van der Waals surface area contributed by atoms with Crippen LogP contribution in [-0.2, 0) is 9.53 Å². The second-order valence-electron chi connectivity index (χ2n) is 5.67. The highest BCUT2D eigenvalue weighted by Gasteiger charge is 2.27. The summed E-state index contributed by atoms with van der Waals surface area (Å²) in [6, 6.07) is 4.38. The minimum absolute atomic E-state index is 0.0716. The number of carboxylic acids is 1. The Morgan fingerprint density at radius 1 is 1.21 bits per heavy atom. The van der Waals surface area contributed by atoms with Crippen LogP contribution in [0, 0.1) is 5.92 Å². The summed E-state index contributed by atoms with van der Waals surface area (Å²) in [5, 5.41) is 14.4. The third kappa shape index (κ3) is 4.70. The molecule has 2 rings (SSSR count). The molecule has 1 aromatic rings. The molecular formula is C16H19BrN2O5. The number of ether oxygens (including phenoxy) is 1.